The normalized spacial score (nSPS) is 13.3. The zero-order valence-corrected chi connectivity index (χ0v) is 11.8. The van der Waals surface area contributed by atoms with Gasteiger partial charge in [0.05, 0.1) is 5.02 Å². The molecule has 2 aromatic carbocycles. The topological polar surface area (TPSA) is 26.0 Å². The average molecular weight is 278 g/mol. The van der Waals surface area contributed by atoms with E-state index in [9.17, 15) is 4.39 Å². The van der Waals surface area contributed by atoms with Crippen LogP contribution in [0.5, 0.6) is 0 Å². The zero-order valence-electron chi connectivity index (χ0n) is 11.0. The highest BCUT2D eigenvalue weighted by Crippen LogP contribution is 2.34. The van der Waals surface area contributed by atoms with E-state index in [4.69, 9.17) is 17.3 Å². The molecule has 0 amide bonds. The van der Waals surface area contributed by atoms with Crippen molar-refractivity contribution >= 4 is 11.6 Å². The molecule has 1 unspecified atom stereocenters. The van der Waals surface area contributed by atoms with Crippen molar-refractivity contribution in [1.82, 2.24) is 0 Å². The number of hydrogen-bond acceptors (Lipinski definition) is 1. The van der Waals surface area contributed by atoms with Gasteiger partial charge < -0.3 is 5.73 Å². The summed E-state index contributed by atoms with van der Waals surface area (Å²) in [5.41, 5.74) is 7.84. The van der Waals surface area contributed by atoms with Gasteiger partial charge in [0.25, 0.3) is 0 Å². The molecule has 0 saturated carbocycles. The monoisotopic (exact) mass is 277 g/mol. The predicted octanol–water partition coefficient (Wildman–Crippen LogP) is 4.35. The maximum atomic E-state index is 13.3. The summed E-state index contributed by atoms with van der Waals surface area (Å²) in [6.07, 6.45) is 0. The van der Waals surface area contributed by atoms with Gasteiger partial charge >= 0.3 is 0 Å². The fourth-order valence-electron chi connectivity index (χ4n) is 2.39. The minimum absolute atomic E-state index is 0.0354. The summed E-state index contributed by atoms with van der Waals surface area (Å²) in [6.45, 7) is 3.92. The standard InChI is InChI=1S/C16H17ClFN/c1-16(2,19)15(11-6-4-3-5-7-11)12-8-9-14(18)13(17)10-12/h3-10,15H,19H2,1-2H3. The van der Waals surface area contributed by atoms with Crippen molar-refractivity contribution in [2.75, 3.05) is 0 Å². The Morgan fingerprint density at radius 2 is 1.68 bits per heavy atom. The molecule has 0 aliphatic heterocycles. The first-order valence-electron chi connectivity index (χ1n) is 6.18. The van der Waals surface area contributed by atoms with Crippen molar-refractivity contribution in [2.24, 2.45) is 5.73 Å². The van der Waals surface area contributed by atoms with Crippen LogP contribution in [0.15, 0.2) is 48.5 Å². The van der Waals surface area contributed by atoms with Gasteiger partial charge in [-0.15, -0.1) is 0 Å². The Balaban J connectivity index is 2.53. The van der Waals surface area contributed by atoms with Gasteiger partial charge in [-0.2, -0.15) is 0 Å². The van der Waals surface area contributed by atoms with Crippen LogP contribution >= 0.6 is 11.6 Å². The zero-order chi connectivity index (χ0) is 14.0. The van der Waals surface area contributed by atoms with E-state index in [-0.39, 0.29) is 10.9 Å². The molecule has 3 heteroatoms. The van der Waals surface area contributed by atoms with Crippen molar-refractivity contribution in [2.45, 2.75) is 25.3 Å². The Hall–Kier alpha value is -1.38. The Morgan fingerprint density at radius 3 is 2.21 bits per heavy atom. The van der Waals surface area contributed by atoms with Crippen LogP contribution in [0, 0.1) is 5.82 Å². The molecule has 0 radical (unpaired) electrons. The Bertz CT molecular complexity index is 561. The second kappa shape index (κ2) is 5.32. The van der Waals surface area contributed by atoms with Crippen molar-refractivity contribution in [1.29, 1.82) is 0 Å². The molecule has 0 saturated heterocycles. The lowest BCUT2D eigenvalue weighted by atomic mass is 9.78. The van der Waals surface area contributed by atoms with Crippen LogP contribution in [0.2, 0.25) is 5.02 Å². The number of benzene rings is 2. The van der Waals surface area contributed by atoms with Crippen molar-refractivity contribution < 1.29 is 4.39 Å². The van der Waals surface area contributed by atoms with Crippen LogP contribution < -0.4 is 5.73 Å². The Morgan fingerprint density at radius 1 is 1.05 bits per heavy atom. The molecule has 19 heavy (non-hydrogen) atoms. The molecule has 0 fully saturated rings. The molecular formula is C16H17ClFN. The van der Waals surface area contributed by atoms with Crippen LogP contribution in [-0.4, -0.2) is 5.54 Å². The quantitative estimate of drug-likeness (QED) is 0.887. The minimum Gasteiger partial charge on any atom is -0.325 e. The summed E-state index contributed by atoms with van der Waals surface area (Å²) in [6, 6.07) is 14.7. The molecule has 100 valence electrons. The molecule has 0 heterocycles. The highest BCUT2D eigenvalue weighted by Gasteiger charge is 2.28. The average Bonchev–Trinajstić information content (AvgIpc) is 2.34. The SMILES string of the molecule is CC(C)(N)C(c1ccccc1)c1ccc(F)c(Cl)c1. The lowest BCUT2D eigenvalue weighted by Gasteiger charge is -2.31. The summed E-state index contributed by atoms with van der Waals surface area (Å²) >= 11 is 5.88. The molecule has 2 rings (SSSR count). The van der Waals surface area contributed by atoms with Gasteiger partial charge in [0.2, 0.25) is 0 Å². The van der Waals surface area contributed by atoms with Gasteiger partial charge in [-0.3, -0.25) is 0 Å². The van der Waals surface area contributed by atoms with E-state index in [1.807, 2.05) is 44.2 Å². The molecule has 1 nitrogen and oxygen atoms in total. The summed E-state index contributed by atoms with van der Waals surface area (Å²) in [4.78, 5) is 0. The van der Waals surface area contributed by atoms with E-state index in [0.717, 1.165) is 11.1 Å². The van der Waals surface area contributed by atoms with Crippen molar-refractivity contribution in [3.05, 3.63) is 70.5 Å². The summed E-state index contributed by atoms with van der Waals surface area (Å²) in [7, 11) is 0. The van der Waals surface area contributed by atoms with Crippen molar-refractivity contribution in [3.8, 4) is 0 Å². The van der Waals surface area contributed by atoms with E-state index < -0.39 is 11.4 Å². The van der Waals surface area contributed by atoms with Gasteiger partial charge in [0.15, 0.2) is 0 Å². The molecular weight excluding hydrogens is 261 g/mol. The third-order valence-corrected chi connectivity index (χ3v) is 3.44. The maximum Gasteiger partial charge on any atom is 0.141 e. The number of hydrogen-bond donors (Lipinski definition) is 1. The van der Waals surface area contributed by atoms with Crippen molar-refractivity contribution in [3.63, 3.8) is 0 Å². The number of nitrogens with two attached hydrogens (primary N) is 1. The van der Waals surface area contributed by atoms with E-state index >= 15 is 0 Å². The summed E-state index contributed by atoms with van der Waals surface area (Å²) in [5, 5.41) is 0.127. The molecule has 0 aliphatic carbocycles. The molecule has 0 bridgehead atoms. The Kier molecular flexibility index (Phi) is 3.93. The van der Waals surface area contributed by atoms with Crippen LogP contribution in [0.25, 0.3) is 0 Å². The van der Waals surface area contributed by atoms with Gasteiger partial charge in [-0.25, -0.2) is 4.39 Å². The van der Waals surface area contributed by atoms with Gasteiger partial charge in [0, 0.05) is 11.5 Å². The van der Waals surface area contributed by atoms with Crippen LogP contribution in [-0.2, 0) is 0 Å². The third kappa shape index (κ3) is 3.14. The Labute approximate surface area is 118 Å². The first-order valence-corrected chi connectivity index (χ1v) is 6.56. The highest BCUT2D eigenvalue weighted by molar-refractivity contribution is 6.30. The van der Waals surface area contributed by atoms with Crippen LogP contribution in [0.1, 0.15) is 30.9 Å². The fraction of sp³-hybridized carbons (Fsp3) is 0.250. The van der Waals surface area contributed by atoms with E-state index in [0.29, 0.717) is 0 Å². The van der Waals surface area contributed by atoms with E-state index in [2.05, 4.69) is 0 Å². The van der Waals surface area contributed by atoms with Gasteiger partial charge in [-0.1, -0.05) is 48.0 Å². The minimum atomic E-state index is -0.470. The second-order valence-corrected chi connectivity index (χ2v) is 5.75. The number of rotatable bonds is 3. The molecule has 0 aliphatic rings. The smallest absolute Gasteiger partial charge is 0.141 e. The molecule has 0 aromatic heterocycles. The fourth-order valence-corrected chi connectivity index (χ4v) is 2.58. The maximum absolute atomic E-state index is 13.3. The molecule has 2 N–H and O–H groups in total. The van der Waals surface area contributed by atoms with Gasteiger partial charge in [0.1, 0.15) is 5.82 Å². The summed E-state index contributed by atoms with van der Waals surface area (Å²) < 4.78 is 13.3. The van der Waals surface area contributed by atoms with E-state index in [1.54, 1.807) is 12.1 Å². The van der Waals surface area contributed by atoms with E-state index in [1.165, 1.54) is 6.07 Å². The molecule has 1 atom stereocenters. The first-order chi connectivity index (χ1) is 8.89. The first kappa shape index (κ1) is 14.0. The largest absolute Gasteiger partial charge is 0.325 e. The molecule has 0 spiro atoms. The highest BCUT2D eigenvalue weighted by atomic mass is 35.5. The summed E-state index contributed by atoms with van der Waals surface area (Å²) in [5.74, 6) is -0.446. The lowest BCUT2D eigenvalue weighted by Crippen LogP contribution is -2.39. The molecule has 2 aromatic rings. The lowest BCUT2D eigenvalue weighted by molar-refractivity contribution is 0.456. The predicted molar refractivity (Wildman–Crippen MR) is 78.0 cm³/mol. The number of halogens is 2. The second-order valence-electron chi connectivity index (χ2n) is 5.34. The van der Waals surface area contributed by atoms with Crippen LogP contribution in [0.3, 0.4) is 0 Å². The third-order valence-electron chi connectivity index (χ3n) is 3.15. The van der Waals surface area contributed by atoms with Crippen LogP contribution in [0.4, 0.5) is 4.39 Å². The van der Waals surface area contributed by atoms with Gasteiger partial charge in [-0.05, 0) is 37.1 Å².